The molecule has 0 N–H and O–H groups in total. The predicted molar refractivity (Wildman–Crippen MR) is 51.8 cm³/mol. The highest BCUT2D eigenvalue weighted by atomic mass is 19.3. The highest BCUT2D eigenvalue weighted by molar-refractivity contribution is 5.27. The first-order valence-electron chi connectivity index (χ1n) is 4.87. The van der Waals surface area contributed by atoms with E-state index in [-0.39, 0.29) is 23.0 Å². The van der Waals surface area contributed by atoms with E-state index in [1.165, 1.54) is 18.5 Å². The summed E-state index contributed by atoms with van der Waals surface area (Å²) in [6, 6.07) is -0.194. The summed E-state index contributed by atoms with van der Waals surface area (Å²) in [6.45, 7) is 6.27. The van der Waals surface area contributed by atoms with Crippen molar-refractivity contribution in [3.63, 3.8) is 0 Å². The lowest BCUT2D eigenvalue weighted by Crippen LogP contribution is -2.08. The molecule has 1 aromatic heterocycles. The minimum atomic E-state index is -2.62. The smallest absolute Gasteiger partial charge is 0.261 e. The van der Waals surface area contributed by atoms with E-state index >= 15 is 0 Å². The molecule has 2 nitrogen and oxygen atoms in total. The molecule has 15 heavy (non-hydrogen) atoms. The van der Waals surface area contributed by atoms with E-state index in [2.05, 4.69) is 5.10 Å². The number of alkyl halides is 3. The van der Waals surface area contributed by atoms with E-state index in [9.17, 15) is 13.2 Å². The average Bonchev–Trinajstić information content (AvgIpc) is 2.42. The van der Waals surface area contributed by atoms with Crippen LogP contribution in [0, 0.1) is 6.92 Å². The summed E-state index contributed by atoms with van der Waals surface area (Å²) in [5.74, 6) is 0. The summed E-state index contributed by atoms with van der Waals surface area (Å²) in [5.41, 5.74) is 0.192. The first-order valence-corrected chi connectivity index (χ1v) is 4.87. The van der Waals surface area contributed by atoms with Crippen LogP contribution >= 0.6 is 0 Å². The van der Waals surface area contributed by atoms with Crippen LogP contribution in [0.2, 0.25) is 0 Å². The summed E-state index contributed by atoms with van der Waals surface area (Å²) >= 11 is 0. The third-order valence-corrected chi connectivity index (χ3v) is 2.30. The molecule has 0 fully saturated rings. The molecule has 1 rings (SSSR count). The number of halogens is 3. The molecular weight excluding hydrogens is 205 g/mol. The Balaban J connectivity index is 3.33. The molecule has 5 heteroatoms. The predicted octanol–water partition coefficient (Wildman–Crippen LogP) is 3.74. The molecule has 0 aliphatic rings. The van der Waals surface area contributed by atoms with Crippen LogP contribution in [0.5, 0.6) is 0 Å². The molecule has 0 bridgehead atoms. The number of hydrogen-bond acceptors (Lipinski definition) is 1. The highest BCUT2D eigenvalue weighted by Gasteiger charge is 2.25. The van der Waals surface area contributed by atoms with Crippen molar-refractivity contribution < 1.29 is 13.2 Å². The zero-order valence-electron chi connectivity index (χ0n) is 9.26. The van der Waals surface area contributed by atoms with Crippen LogP contribution in [-0.2, 0) is 0 Å². The van der Waals surface area contributed by atoms with Gasteiger partial charge in [0.2, 0.25) is 0 Å². The second kappa shape index (κ2) is 4.24. The lowest BCUT2D eigenvalue weighted by molar-refractivity contribution is 0.136. The van der Waals surface area contributed by atoms with Crippen LogP contribution in [0.25, 0.3) is 0 Å². The first-order chi connectivity index (χ1) is 6.86. The lowest BCUT2D eigenvalue weighted by atomic mass is 10.1. The second-order valence-electron chi connectivity index (χ2n) is 3.85. The van der Waals surface area contributed by atoms with Gasteiger partial charge in [-0.1, -0.05) is 0 Å². The Bertz CT molecular complexity index is 343. The van der Waals surface area contributed by atoms with E-state index in [1.807, 2.05) is 0 Å². The van der Waals surface area contributed by atoms with Crippen LogP contribution in [0.3, 0.4) is 0 Å². The van der Waals surface area contributed by atoms with Crippen molar-refractivity contribution >= 4 is 0 Å². The van der Waals surface area contributed by atoms with Crippen LogP contribution in [0.1, 0.15) is 56.4 Å². The van der Waals surface area contributed by atoms with Gasteiger partial charge in [-0.3, -0.25) is 4.68 Å². The third kappa shape index (κ3) is 2.16. The largest absolute Gasteiger partial charge is 0.280 e. The molecule has 86 valence electrons. The van der Waals surface area contributed by atoms with Crippen molar-refractivity contribution in [3.8, 4) is 0 Å². The second-order valence-corrected chi connectivity index (χ2v) is 3.85. The quantitative estimate of drug-likeness (QED) is 0.758. The van der Waals surface area contributed by atoms with Gasteiger partial charge in [-0.2, -0.15) is 5.10 Å². The average molecular weight is 220 g/mol. The van der Waals surface area contributed by atoms with E-state index in [1.54, 1.807) is 13.8 Å². The fraction of sp³-hybridized carbons (Fsp3) is 0.700. The minimum Gasteiger partial charge on any atom is -0.261 e. The van der Waals surface area contributed by atoms with Crippen molar-refractivity contribution in [2.75, 3.05) is 0 Å². The maximum absolute atomic E-state index is 13.1. The Morgan fingerprint density at radius 1 is 1.13 bits per heavy atom. The SMILES string of the molecule is Cc1c(C(C)F)nn(C(C)C)c1C(F)F. The van der Waals surface area contributed by atoms with Gasteiger partial charge >= 0.3 is 0 Å². The zero-order valence-corrected chi connectivity index (χ0v) is 9.26. The van der Waals surface area contributed by atoms with Crippen molar-refractivity contribution in [3.05, 3.63) is 17.0 Å². The number of nitrogens with zero attached hydrogens (tertiary/aromatic N) is 2. The van der Waals surface area contributed by atoms with Crippen molar-refractivity contribution in [2.24, 2.45) is 0 Å². The van der Waals surface area contributed by atoms with E-state index < -0.39 is 12.6 Å². The van der Waals surface area contributed by atoms with Crippen LogP contribution < -0.4 is 0 Å². The molecule has 0 aliphatic heterocycles. The van der Waals surface area contributed by atoms with Crippen molar-refractivity contribution in [1.29, 1.82) is 0 Å². The van der Waals surface area contributed by atoms with Gasteiger partial charge in [0, 0.05) is 11.6 Å². The third-order valence-electron chi connectivity index (χ3n) is 2.30. The van der Waals surface area contributed by atoms with E-state index in [4.69, 9.17) is 0 Å². The molecule has 0 spiro atoms. The zero-order chi connectivity index (χ0) is 11.7. The Hall–Kier alpha value is -1.00. The summed E-state index contributed by atoms with van der Waals surface area (Å²) in [7, 11) is 0. The maximum atomic E-state index is 13.1. The normalized spacial score (nSPS) is 13.9. The lowest BCUT2D eigenvalue weighted by Gasteiger charge is -2.10. The molecule has 1 atom stereocenters. The number of hydrogen-bond donors (Lipinski definition) is 0. The fourth-order valence-electron chi connectivity index (χ4n) is 1.58. The van der Waals surface area contributed by atoms with Gasteiger partial charge in [-0.05, 0) is 27.7 Å². The van der Waals surface area contributed by atoms with Crippen LogP contribution in [-0.4, -0.2) is 9.78 Å². The maximum Gasteiger partial charge on any atom is 0.280 e. The Kier molecular flexibility index (Phi) is 3.42. The summed E-state index contributed by atoms with van der Waals surface area (Å²) in [5, 5.41) is 3.89. The Labute approximate surface area is 87.1 Å². The molecule has 0 saturated carbocycles. The molecule has 1 unspecified atom stereocenters. The van der Waals surface area contributed by atoms with Crippen molar-refractivity contribution in [1.82, 2.24) is 9.78 Å². The minimum absolute atomic E-state index is 0.110. The Morgan fingerprint density at radius 2 is 1.67 bits per heavy atom. The molecule has 0 saturated heterocycles. The summed E-state index contributed by atoms with van der Waals surface area (Å²) in [4.78, 5) is 0. The van der Waals surface area contributed by atoms with Crippen LogP contribution in [0.15, 0.2) is 0 Å². The van der Waals surface area contributed by atoms with Gasteiger partial charge in [0.15, 0.2) is 0 Å². The fourth-order valence-corrected chi connectivity index (χ4v) is 1.58. The van der Waals surface area contributed by atoms with Gasteiger partial charge < -0.3 is 0 Å². The first kappa shape index (κ1) is 12.1. The molecule has 0 radical (unpaired) electrons. The molecule has 0 amide bonds. The van der Waals surface area contributed by atoms with E-state index in [0.717, 1.165) is 0 Å². The number of rotatable bonds is 3. The molecular formula is C10H15F3N2. The van der Waals surface area contributed by atoms with E-state index in [0.29, 0.717) is 0 Å². The van der Waals surface area contributed by atoms with Gasteiger partial charge in [-0.25, -0.2) is 13.2 Å². The van der Waals surface area contributed by atoms with Gasteiger partial charge in [0.05, 0.1) is 5.69 Å². The standard InChI is InChI=1S/C10H15F3N2/c1-5(2)15-9(10(12)13)6(3)8(14-15)7(4)11/h5,7,10H,1-4H3. The number of aromatic nitrogens is 2. The molecule has 0 aliphatic carbocycles. The van der Waals surface area contributed by atoms with Gasteiger partial charge in [0.1, 0.15) is 11.9 Å². The molecule has 0 aromatic carbocycles. The Morgan fingerprint density at radius 3 is 1.93 bits per heavy atom. The summed E-state index contributed by atoms with van der Waals surface area (Å²) in [6.07, 6.45) is -3.94. The topological polar surface area (TPSA) is 17.8 Å². The summed E-state index contributed by atoms with van der Waals surface area (Å²) < 4.78 is 39.8. The van der Waals surface area contributed by atoms with Gasteiger partial charge in [-0.15, -0.1) is 0 Å². The van der Waals surface area contributed by atoms with Crippen molar-refractivity contribution in [2.45, 2.75) is 46.3 Å². The van der Waals surface area contributed by atoms with Gasteiger partial charge in [0.25, 0.3) is 6.43 Å². The molecule has 1 heterocycles. The molecule has 1 aromatic rings. The highest BCUT2D eigenvalue weighted by Crippen LogP contribution is 2.30. The van der Waals surface area contributed by atoms with Crippen LogP contribution in [0.4, 0.5) is 13.2 Å². The monoisotopic (exact) mass is 220 g/mol.